The maximum atomic E-state index is 16.2. The van der Waals surface area contributed by atoms with Gasteiger partial charge in [0, 0.05) is 45.0 Å². The van der Waals surface area contributed by atoms with Gasteiger partial charge in [-0.2, -0.15) is 4.98 Å². The highest BCUT2D eigenvalue weighted by Gasteiger charge is 2.31. The van der Waals surface area contributed by atoms with Crippen molar-refractivity contribution in [1.29, 1.82) is 0 Å². The number of likely N-dealkylation sites (N-methyl/N-ethyl adjacent to an activating group) is 1. The van der Waals surface area contributed by atoms with Gasteiger partial charge in [0.25, 0.3) is 0 Å². The number of benzene rings is 1. The number of nitrogens with zero attached hydrogens (tertiary/aromatic N) is 7. The fraction of sp³-hybridized carbons (Fsp3) is 0.323. The van der Waals surface area contributed by atoms with Crippen molar-refractivity contribution in [2.75, 3.05) is 43.0 Å². The number of carbonyl (C=O) groups is 1. The molecule has 4 heterocycles. The van der Waals surface area contributed by atoms with E-state index >= 15 is 8.78 Å². The number of amides is 1. The molecule has 1 atom stereocenters. The van der Waals surface area contributed by atoms with Crippen molar-refractivity contribution in [3.8, 4) is 16.3 Å². The van der Waals surface area contributed by atoms with Gasteiger partial charge in [-0.15, -0.1) is 17.9 Å². The van der Waals surface area contributed by atoms with Crippen LogP contribution in [-0.4, -0.2) is 69.6 Å². The first-order valence-corrected chi connectivity index (χ1v) is 14.8. The van der Waals surface area contributed by atoms with Crippen LogP contribution >= 0.6 is 11.3 Å². The van der Waals surface area contributed by atoms with Crippen molar-refractivity contribution in [3.05, 3.63) is 82.9 Å². The van der Waals surface area contributed by atoms with E-state index in [9.17, 15) is 9.59 Å². The van der Waals surface area contributed by atoms with Crippen LogP contribution in [0.3, 0.4) is 0 Å². The Hall–Kier alpha value is -4.45. The Morgan fingerprint density at radius 2 is 1.98 bits per heavy atom. The van der Waals surface area contributed by atoms with Crippen LogP contribution in [0.15, 0.2) is 59.9 Å². The van der Waals surface area contributed by atoms with E-state index < -0.39 is 17.3 Å². The molecule has 0 radical (unpaired) electrons. The topological polar surface area (TPSA) is 87.5 Å². The van der Waals surface area contributed by atoms with Gasteiger partial charge in [-0.25, -0.2) is 28.1 Å². The predicted octanol–water partition coefficient (Wildman–Crippen LogP) is 5.15. The van der Waals surface area contributed by atoms with Gasteiger partial charge in [-0.3, -0.25) is 4.79 Å². The lowest BCUT2D eigenvalue weighted by molar-refractivity contribution is -0.126. The third kappa shape index (κ3) is 5.42. The molecule has 1 aromatic carbocycles. The fourth-order valence-electron chi connectivity index (χ4n) is 5.45. The van der Waals surface area contributed by atoms with Gasteiger partial charge in [0.05, 0.1) is 22.2 Å². The number of piperazine rings is 1. The predicted molar refractivity (Wildman–Crippen MR) is 167 cm³/mol. The van der Waals surface area contributed by atoms with E-state index in [-0.39, 0.29) is 46.0 Å². The first kappa shape index (κ1) is 30.0. The molecule has 5 rings (SSSR count). The molecule has 1 aliphatic rings. The molecule has 4 aromatic rings. The number of hydrogen-bond acceptors (Lipinski definition) is 8. The van der Waals surface area contributed by atoms with Crippen LogP contribution < -0.4 is 15.5 Å². The molecule has 1 aliphatic heterocycles. The Kier molecular flexibility index (Phi) is 8.41. The molecule has 3 aromatic heterocycles. The number of anilines is 2. The zero-order valence-corrected chi connectivity index (χ0v) is 25.4. The third-order valence-corrected chi connectivity index (χ3v) is 8.38. The molecule has 0 saturated carbocycles. The number of carbonyl (C=O) groups excluding carboxylic acids is 1. The SMILES string of the molecule is C=CCN(C)c1cccc(F)c1-c1nc2c(cc1F)c(N1CCN(C(=O)C=C)C[C@@H]1C)nc(=O)n2-c1scnc1C(C)C. The van der Waals surface area contributed by atoms with Gasteiger partial charge < -0.3 is 14.7 Å². The van der Waals surface area contributed by atoms with Crippen LogP contribution in [-0.2, 0) is 4.79 Å². The van der Waals surface area contributed by atoms with Crippen LogP contribution in [0, 0.1) is 11.6 Å². The molecular weight excluding hydrogens is 572 g/mol. The van der Waals surface area contributed by atoms with Crippen LogP contribution in [0.2, 0.25) is 0 Å². The molecule has 0 spiro atoms. The fourth-order valence-corrected chi connectivity index (χ4v) is 6.40. The van der Waals surface area contributed by atoms with Crippen molar-refractivity contribution in [2.24, 2.45) is 0 Å². The molecule has 1 saturated heterocycles. The van der Waals surface area contributed by atoms with Crippen LogP contribution in [0.5, 0.6) is 0 Å². The number of rotatable bonds is 8. The Bertz CT molecular complexity index is 1780. The summed E-state index contributed by atoms with van der Waals surface area (Å²) in [6.07, 6.45) is 2.93. The second-order valence-corrected chi connectivity index (χ2v) is 11.6. The maximum absolute atomic E-state index is 16.2. The molecule has 9 nitrogen and oxygen atoms in total. The lowest BCUT2D eigenvalue weighted by Gasteiger charge is -2.40. The minimum absolute atomic E-state index is 0.0241. The van der Waals surface area contributed by atoms with Crippen molar-refractivity contribution in [2.45, 2.75) is 32.7 Å². The minimum atomic E-state index is -0.763. The van der Waals surface area contributed by atoms with E-state index in [4.69, 9.17) is 4.98 Å². The highest BCUT2D eigenvalue weighted by Crippen LogP contribution is 2.37. The average molecular weight is 606 g/mol. The van der Waals surface area contributed by atoms with Crippen molar-refractivity contribution < 1.29 is 13.6 Å². The third-order valence-electron chi connectivity index (χ3n) is 7.56. The number of fused-ring (bicyclic) bond motifs is 1. The van der Waals surface area contributed by atoms with Crippen LogP contribution in [0.1, 0.15) is 32.4 Å². The molecule has 224 valence electrons. The van der Waals surface area contributed by atoms with Gasteiger partial charge in [0.1, 0.15) is 22.3 Å². The summed E-state index contributed by atoms with van der Waals surface area (Å²) in [5.41, 5.74) is 1.99. The summed E-state index contributed by atoms with van der Waals surface area (Å²) >= 11 is 1.25. The lowest BCUT2D eigenvalue weighted by Crippen LogP contribution is -2.54. The summed E-state index contributed by atoms with van der Waals surface area (Å²) in [6.45, 7) is 14.6. The van der Waals surface area contributed by atoms with E-state index in [0.717, 1.165) is 0 Å². The Labute approximate surface area is 252 Å². The summed E-state index contributed by atoms with van der Waals surface area (Å²) in [7, 11) is 1.75. The minimum Gasteiger partial charge on any atom is -0.370 e. The summed E-state index contributed by atoms with van der Waals surface area (Å²) < 4.78 is 33.0. The quantitative estimate of drug-likeness (QED) is 0.203. The largest absolute Gasteiger partial charge is 0.370 e. The summed E-state index contributed by atoms with van der Waals surface area (Å²) in [5.74, 6) is -1.38. The molecule has 0 aliphatic carbocycles. The normalized spacial score (nSPS) is 15.3. The Morgan fingerprint density at radius 3 is 2.65 bits per heavy atom. The first-order valence-electron chi connectivity index (χ1n) is 13.9. The molecular formula is C31H33F2N7O2S. The van der Waals surface area contributed by atoms with Crippen molar-refractivity contribution in [3.63, 3.8) is 0 Å². The van der Waals surface area contributed by atoms with Crippen LogP contribution in [0.25, 0.3) is 27.3 Å². The smallest absolute Gasteiger partial charge is 0.356 e. The molecule has 0 unspecified atom stereocenters. The zero-order valence-electron chi connectivity index (χ0n) is 24.5. The lowest BCUT2D eigenvalue weighted by atomic mass is 10.1. The van der Waals surface area contributed by atoms with E-state index in [1.54, 1.807) is 40.6 Å². The standard InChI is InChI=1S/C31H33F2N7O2S/c1-7-12-37(6)23-11-9-10-21(32)25(23)27-22(33)15-20-28(39-14-13-38(16-19(39)5)24(41)8-2)36-31(42)40(29(20)35-27)30-26(18(3)4)34-17-43-30/h7-11,15,17-19H,1-2,12-14,16H2,3-6H3/t19-/m0/s1. The number of thiazole rings is 1. The Morgan fingerprint density at radius 1 is 1.21 bits per heavy atom. The summed E-state index contributed by atoms with van der Waals surface area (Å²) in [5, 5.41) is 0.803. The van der Waals surface area contributed by atoms with Crippen molar-refractivity contribution in [1.82, 2.24) is 24.4 Å². The number of aromatic nitrogens is 4. The Balaban J connectivity index is 1.80. The van der Waals surface area contributed by atoms with Gasteiger partial charge in [-0.1, -0.05) is 32.6 Å². The number of pyridine rings is 1. The monoisotopic (exact) mass is 605 g/mol. The van der Waals surface area contributed by atoms with Gasteiger partial charge >= 0.3 is 5.69 Å². The maximum Gasteiger partial charge on any atom is 0.356 e. The molecule has 12 heteroatoms. The second-order valence-electron chi connectivity index (χ2n) is 10.8. The second kappa shape index (κ2) is 12.0. The van der Waals surface area contributed by atoms with E-state index in [0.29, 0.717) is 42.6 Å². The number of halogens is 2. The summed E-state index contributed by atoms with van der Waals surface area (Å²) in [6, 6.07) is 5.51. The van der Waals surface area contributed by atoms with Gasteiger partial charge in [0.2, 0.25) is 5.91 Å². The number of hydrogen-bond donors (Lipinski definition) is 0. The molecule has 0 N–H and O–H groups in total. The van der Waals surface area contributed by atoms with Crippen molar-refractivity contribution >= 4 is 39.8 Å². The van der Waals surface area contributed by atoms with Crippen LogP contribution in [0.4, 0.5) is 20.3 Å². The molecule has 1 amide bonds. The van der Waals surface area contributed by atoms with Gasteiger partial charge in [-0.05, 0) is 37.1 Å². The summed E-state index contributed by atoms with van der Waals surface area (Å²) in [4.78, 5) is 45.0. The van der Waals surface area contributed by atoms with E-state index in [1.165, 1.54) is 34.1 Å². The van der Waals surface area contributed by atoms with Gasteiger partial charge in [0.15, 0.2) is 11.5 Å². The molecule has 0 bridgehead atoms. The van der Waals surface area contributed by atoms with E-state index in [2.05, 4.69) is 23.1 Å². The molecule has 1 fully saturated rings. The van der Waals surface area contributed by atoms with E-state index in [1.807, 2.05) is 25.7 Å². The highest BCUT2D eigenvalue weighted by atomic mass is 32.1. The molecule has 43 heavy (non-hydrogen) atoms. The first-order chi connectivity index (χ1) is 20.6. The average Bonchev–Trinajstić information content (AvgIpc) is 3.46. The highest BCUT2D eigenvalue weighted by molar-refractivity contribution is 7.12. The zero-order chi connectivity index (χ0) is 31.0.